The van der Waals surface area contributed by atoms with Crippen LogP contribution in [-0.2, 0) is 16.0 Å². The van der Waals surface area contributed by atoms with E-state index in [9.17, 15) is 14.4 Å². The molecule has 0 bridgehead atoms. The zero-order chi connectivity index (χ0) is 16.8. The minimum absolute atomic E-state index is 0.0303. The van der Waals surface area contributed by atoms with Crippen LogP contribution in [0.4, 0.5) is 0 Å². The van der Waals surface area contributed by atoms with Crippen molar-refractivity contribution in [1.82, 2.24) is 4.90 Å². The van der Waals surface area contributed by atoms with E-state index in [-0.39, 0.29) is 23.3 Å². The minimum Gasteiger partial charge on any atom is -0.478 e. The summed E-state index contributed by atoms with van der Waals surface area (Å²) in [5.74, 6) is -0.965. The molecular formula is C17H22N2O4. The molecule has 1 fully saturated rings. The van der Waals surface area contributed by atoms with Crippen molar-refractivity contribution in [1.29, 1.82) is 0 Å². The van der Waals surface area contributed by atoms with E-state index in [2.05, 4.69) is 0 Å². The first-order valence-corrected chi connectivity index (χ1v) is 7.84. The number of nitrogens with zero attached hydrogens (tertiary/aromatic N) is 1. The molecule has 0 radical (unpaired) electrons. The molecule has 6 heteroatoms. The summed E-state index contributed by atoms with van der Waals surface area (Å²) in [6.45, 7) is 1.27. The number of nitrogens with two attached hydrogens (primary N) is 1. The highest BCUT2D eigenvalue weighted by Gasteiger charge is 2.23. The number of hydrogen-bond acceptors (Lipinski definition) is 3. The van der Waals surface area contributed by atoms with Crippen LogP contribution in [0.5, 0.6) is 0 Å². The maximum atomic E-state index is 12.3. The van der Waals surface area contributed by atoms with Crippen LogP contribution >= 0.6 is 0 Å². The van der Waals surface area contributed by atoms with Gasteiger partial charge in [0.15, 0.2) is 0 Å². The van der Waals surface area contributed by atoms with Crippen molar-refractivity contribution in [3.05, 3.63) is 35.4 Å². The van der Waals surface area contributed by atoms with Crippen molar-refractivity contribution in [3.8, 4) is 0 Å². The molecule has 1 heterocycles. The molecule has 2 amide bonds. The second-order valence-corrected chi connectivity index (χ2v) is 5.96. The maximum Gasteiger partial charge on any atom is 0.335 e. The molecule has 0 aliphatic carbocycles. The molecule has 1 aliphatic rings. The van der Waals surface area contributed by atoms with Crippen LogP contribution in [0.2, 0.25) is 0 Å². The van der Waals surface area contributed by atoms with Crippen molar-refractivity contribution in [3.63, 3.8) is 0 Å². The number of hydrogen-bond donors (Lipinski definition) is 2. The molecule has 1 aliphatic heterocycles. The molecule has 0 spiro atoms. The minimum atomic E-state index is -0.972. The van der Waals surface area contributed by atoms with Gasteiger partial charge in [-0.1, -0.05) is 18.2 Å². The van der Waals surface area contributed by atoms with E-state index >= 15 is 0 Å². The lowest BCUT2D eigenvalue weighted by atomic mass is 9.93. The van der Waals surface area contributed by atoms with E-state index in [1.165, 1.54) is 0 Å². The lowest BCUT2D eigenvalue weighted by molar-refractivity contribution is -0.132. The molecule has 6 nitrogen and oxygen atoms in total. The van der Waals surface area contributed by atoms with Crippen molar-refractivity contribution >= 4 is 17.8 Å². The highest BCUT2D eigenvalue weighted by atomic mass is 16.4. The summed E-state index contributed by atoms with van der Waals surface area (Å²) < 4.78 is 0. The molecule has 2 rings (SSSR count). The van der Waals surface area contributed by atoms with E-state index in [1.54, 1.807) is 29.2 Å². The summed E-state index contributed by atoms with van der Waals surface area (Å²) in [6, 6.07) is 6.76. The number of piperidine rings is 1. The molecule has 3 N–H and O–H groups in total. The molecule has 0 atom stereocenters. The fraction of sp³-hybridized carbons (Fsp3) is 0.471. The highest BCUT2D eigenvalue weighted by molar-refractivity contribution is 5.89. The average Bonchev–Trinajstić information content (AvgIpc) is 2.53. The van der Waals surface area contributed by atoms with Crippen LogP contribution in [-0.4, -0.2) is 40.9 Å². The van der Waals surface area contributed by atoms with Gasteiger partial charge in [0.25, 0.3) is 0 Å². The number of carbonyl (C=O) groups excluding carboxylic acids is 2. The van der Waals surface area contributed by atoms with Gasteiger partial charge in [0.2, 0.25) is 11.8 Å². The number of primary amides is 1. The second kappa shape index (κ2) is 7.76. The summed E-state index contributed by atoms with van der Waals surface area (Å²) in [5, 5.41) is 9.15. The third kappa shape index (κ3) is 4.81. The Hall–Kier alpha value is -2.37. The molecular weight excluding hydrogens is 296 g/mol. The lowest BCUT2D eigenvalue weighted by Gasteiger charge is -2.31. The molecule has 1 aromatic rings. The number of carboxylic acid groups (broad SMARTS) is 1. The fourth-order valence-electron chi connectivity index (χ4n) is 3.02. The number of benzene rings is 1. The molecule has 0 aromatic heterocycles. The van der Waals surface area contributed by atoms with Gasteiger partial charge in [0, 0.05) is 25.9 Å². The van der Waals surface area contributed by atoms with Gasteiger partial charge >= 0.3 is 5.97 Å². The normalized spacial score (nSPS) is 15.4. The van der Waals surface area contributed by atoms with Crippen LogP contribution in [0.25, 0.3) is 0 Å². The first kappa shape index (κ1) is 17.0. The third-order valence-electron chi connectivity index (χ3n) is 4.31. The summed E-state index contributed by atoms with van der Waals surface area (Å²) in [5.41, 5.74) is 6.13. The smallest absolute Gasteiger partial charge is 0.335 e. The summed E-state index contributed by atoms with van der Waals surface area (Å²) in [7, 11) is 0. The van der Waals surface area contributed by atoms with Crippen LogP contribution < -0.4 is 5.73 Å². The van der Waals surface area contributed by atoms with E-state index in [1.807, 2.05) is 0 Å². The standard InChI is InChI=1S/C17H22N2O4/c18-15(20)11-12-7-9-19(10-8-12)16(21)6-5-13-3-1-2-4-14(13)17(22)23/h1-4,12H,5-11H2,(H2,18,20)(H,22,23). The van der Waals surface area contributed by atoms with Crippen molar-refractivity contribution in [2.45, 2.75) is 32.1 Å². The fourth-order valence-corrected chi connectivity index (χ4v) is 3.02. The molecule has 23 heavy (non-hydrogen) atoms. The molecule has 1 aromatic carbocycles. The van der Waals surface area contributed by atoms with Crippen molar-refractivity contribution < 1.29 is 19.5 Å². The average molecular weight is 318 g/mol. The van der Waals surface area contributed by atoms with Gasteiger partial charge in [0.05, 0.1) is 5.56 Å². The van der Waals surface area contributed by atoms with Gasteiger partial charge in [-0.2, -0.15) is 0 Å². The zero-order valence-electron chi connectivity index (χ0n) is 13.0. The van der Waals surface area contributed by atoms with Gasteiger partial charge in [-0.25, -0.2) is 4.79 Å². The first-order chi connectivity index (χ1) is 11.0. The Morgan fingerprint density at radius 1 is 1.17 bits per heavy atom. The van der Waals surface area contributed by atoms with Gasteiger partial charge in [-0.15, -0.1) is 0 Å². The predicted molar refractivity (Wildman–Crippen MR) is 84.8 cm³/mol. The second-order valence-electron chi connectivity index (χ2n) is 5.96. The summed E-state index contributed by atoms with van der Waals surface area (Å²) >= 11 is 0. The number of likely N-dealkylation sites (tertiary alicyclic amines) is 1. The van der Waals surface area contributed by atoms with E-state index < -0.39 is 5.97 Å². The van der Waals surface area contributed by atoms with Crippen LogP contribution in [0.3, 0.4) is 0 Å². The zero-order valence-corrected chi connectivity index (χ0v) is 13.0. The third-order valence-corrected chi connectivity index (χ3v) is 4.31. The number of rotatable bonds is 6. The highest BCUT2D eigenvalue weighted by Crippen LogP contribution is 2.21. The van der Waals surface area contributed by atoms with Crippen LogP contribution in [0.15, 0.2) is 24.3 Å². The van der Waals surface area contributed by atoms with Crippen LogP contribution in [0.1, 0.15) is 41.6 Å². The molecule has 0 unspecified atom stereocenters. The monoisotopic (exact) mass is 318 g/mol. The molecule has 1 saturated heterocycles. The lowest BCUT2D eigenvalue weighted by Crippen LogP contribution is -2.39. The van der Waals surface area contributed by atoms with Gasteiger partial charge in [0.1, 0.15) is 0 Å². The van der Waals surface area contributed by atoms with E-state index in [0.717, 1.165) is 12.8 Å². The number of amides is 2. The molecule has 0 saturated carbocycles. The topological polar surface area (TPSA) is 101 Å². The Balaban J connectivity index is 1.84. The van der Waals surface area contributed by atoms with Gasteiger partial charge < -0.3 is 15.7 Å². The maximum absolute atomic E-state index is 12.3. The van der Waals surface area contributed by atoms with Crippen molar-refractivity contribution in [2.75, 3.05) is 13.1 Å². The SMILES string of the molecule is NC(=O)CC1CCN(C(=O)CCc2ccccc2C(=O)O)CC1. The number of carboxylic acids is 1. The predicted octanol–water partition coefficient (Wildman–Crippen LogP) is 1.43. The number of aromatic carboxylic acids is 1. The van der Waals surface area contributed by atoms with Crippen molar-refractivity contribution in [2.24, 2.45) is 11.7 Å². The van der Waals surface area contributed by atoms with Gasteiger partial charge in [-0.3, -0.25) is 9.59 Å². The quantitative estimate of drug-likeness (QED) is 0.828. The Morgan fingerprint density at radius 2 is 1.83 bits per heavy atom. The first-order valence-electron chi connectivity index (χ1n) is 7.84. The number of aryl methyl sites for hydroxylation is 1. The Bertz CT molecular complexity index is 592. The molecule has 124 valence electrons. The van der Waals surface area contributed by atoms with Gasteiger partial charge in [-0.05, 0) is 36.8 Å². The summed E-state index contributed by atoms with van der Waals surface area (Å²) in [6.07, 6.45) is 2.68. The largest absolute Gasteiger partial charge is 0.478 e. The van der Waals surface area contributed by atoms with E-state index in [0.29, 0.717) is 37.9 Å². The summed E-state index contributed by atoms with van der Waals surface area (Å²) in [4.78, 5) is 36.1. The number of carbonyl (C=O) groups is 3. The van der Waals surface area contributed by atoms with E-state index in [4.69, 9.17) is 10.8 Å². The Morgan fingerprint density at radius 3 is 2.43 bits per heavy atom. The Kier molecular flexibility index (Phi) is 5.73. The Labute approximate surface area is 135 Å². The van der Waals surface area contributed by atoms with Crippen LogP contribution in [0, 0.1) is 5.92 Å².